The van der Waals surface area contributed by atoms with E-state index in [0.717, 1.165) is 59.3 Å². The van der Waals surface area contributed by atoms with E-state index in [1.54, 1.807) is 7.05 Å². The minimum absolute atomic E-state index is 0.688. The number of allylic oxidation sites excluding steroid dienone is 5. The first-order valence-corrected chi connectivity index (χ1v) is 18.8. The van der Waals surface area contributed by atoms with Gasteiger partial charge in [-0.2, -0.15) is 0 Å². The number of nitrogens with one attached hydrogen (secondary N) is 2. The highest BCUT2D eigenvalue weighted by molar-refractivity contribution is 6.35. The molecule has 2 N–H and O–H groups in total. The van der Waals surface area contributed by atoms with Gasteiger partial charge >= 0.3 is 0 Å². The average Bonchev–Trinajstić information content (AvgIpc) is 3.26. The van der Waals surface area contributed by atoms with Gasteiger partial charge in [0.05, 0.1) is 0 Å². The van der Waals surface area contributed by atoms with E-state index in [1.807, 2.05) is 27.0 Å². The first-order valence-electron chi connectivity index (χ1n) is 18.0. The van der Waals surface area contributed by atoms with Crippen LogP contribution in [0.3, 0.4) is 0 Å². The molecule has 0 aliphatic heterocycles. The topological polar surface area (TPSA) is 36.4 Å². The molecular formula is C42H61Cl2N3. The molecule has 47 heavy (non-hydrogen) atoms. The predicted octanol–water partition coefficient (Wildman–Crippen LogP) is 12.7. The van der Waals surface area contributed by atoms with E-state index < -0.39 is 0 Å². The number of rotatable bonds is 11. The lowest BCUT2D eigenvalue weighted by molar-refractivity contribution is 0.455. The van der Waals surface area contributed by atoms with Crippen LogP contribution in [-0.2, 0) is 6.42 Å². The maximum atomic E-state index is 6.76. The smallest absolute Gasteiger partial charge is 0.195 e. The van der Waals surface area contributed by atoms with Gasteiger partial charge in [0.2, 0.25) is 0 Å². The number of benzene rings is 2. The fraction of sp³-hybridized carbons (Fsp3) is 0.500. The molecule has 4 rings (SSSR count). The predicted molar refractivity (Wildman–Crippen MR) is 211 cm³/mol. The van der Waals surface area contributed by atoms with Crippen molar-refractivity contribution in [1.29, 1.82) is 0 Å². The third kappa shape index (κ3) is 12.7. The number of guanidine groups is 1. The van der Waals surface area contributed by atoms with Crippen LogP contribution in [0.25, 0.3) is 11.3 Å². The zero-order valence-corrected chi connectivity index (χ0v) is 32.1. The summed E-state index contributed by atoms with van der Waals surface area (Å²) in [6.45, 7) is 17.3. The van der Waals surface area contributed by atoms with Crippen molar-refractivity contribution in [1.82, 2.24) is 10.6 Å². The highest BCUT2D eigenvalue weighted by atomic mass is 35.5. The molecule has 2 aliphatic rings. The number of hydrogen-bond donors (Lipinski definition) is 2. The van der Waals surface area contributed by atoms with E-state index in [2.05, 4.69) is 92.4 Å². The van der Waals surface area contributed by atoms with Gasteiger partial charge in [-0.1, -0.05) is 151 Å². The summed E-state index contributed by atoms with van der Waals surface area (Å²) >= 11 is 13.1. The Morgan fingerprint density at radius 3 is 2.23 bits per heavy atom. The molecule has 0 saturated heterocycles. The van der Waals surface area contributed by atoms with E-state index in [1.165, 1.54) is 83.9 Å². The van der Waals surface area contributed by atoms with Gasteiger partial charge in [0.1, 0.15) is 0 Å². The third-order valence-electron chi connectivity index (χ3n) is 8.85. The van der Waals surface area contributed by atoms with Crippen LogP contribution in [-0.4, -0.2) is 20.1 Å². The number of unbranched alkanes of at least 4 members (excludes halogenated alkanes) is 3. The Morgan fingerprint density at radius 1 is 0.894 bits per heavy atom. The standard InChI is InChI=1S/C29H31Cl2N3.C11H24.C2H6/c1-18-8-10-20(11-9-18)28-24-14-12-21(19(2)34-29(32-3)33-4)16-22(24)6-5-7-26(28)25-15-13-23(30)17-27(25)31;1-4-6-7-8-10-11(3)9-5-2;1-2/h8-12,14,16-17H,2,5-7,13,15H2,1,3-4H3,(H2,32,33,34);11H,4-10H2,1-3H3;1-2H3. The molecule has 0 spiro atoms. The first kappa shape index (κ1) is 40.4. The maximum absolute atomic E-state index is 6.76. The van der Waals surface area contributed by atoms with Crippen LogP contribution < -0.4 is 10.6 Å². The van der Waals surface area contributed by atoms with Crippen LogP contribution in [0.5, 0.6) is 0 Å². The van der Waals surface area contributed by atoms with Crippen LogP contribution in [0.15, 0.2) is 81.3 Å². The van der Waals surface area contributed by atoms with Crippen LogP contribution >= 0.6 is 23.2 Å². The van der Waals surface area contributed by atoms with Crippen molar-refractivity contribution in [3.05, 3.63) is 104 Å². The quantitative estimate of drug-likeness (QED) is 0.141. The van der Waals surface area contributed by atoms with Crippen molar-refractivity contribution in [3.8, 4) is 0 Å². The lowest BCUT2D eigenvalue weighted by Crippen LogP contribution is -2.33. The maximum Gasteiger partial charge on any atom is 0.195 e. The van der Waals surface area contributed by atoms with Gasteiger partial charge in [-0.25, -0.2) is 0 Å². The summed E-state index contributed by atoms with van der Waals surface area (Å²) < 4.78 is 0. The van der Waals surface area contributed by atoms with Gasteiger partial charge in [0.25, 0.3) is 0 Å². The molecular weight excluding hydrogens is 617 g/mol. The molecule has 0 bridgehead atoms. The van der Waals surface area contributed by atoms with Crippen molar-refractivity contribution in [2.45, 2.75) is 119 Å². The summed E-state index contributed by atoms with van der Waals surface area (Å²) in [4.78, 5) is 4.20. The van der Waals surface area contributed by atoms with E-state index in [9.17, 15) is 0 Å². The SMILES string of the molecule is C=C(NC(=NC)NC)c1ccc2c(c1)CCCC(C1=C(Cl)C=C(Cl)CC1)=C2c1ccc(C)cc1.CC.CCCCCCC(C)CCC. The molecule has 1 atom stereocenters. The highest BCUT2D eigenvalue weighted by Crippen LogP contribution is 2.43. The van der Waals surface area contributed by atoms with Crippen LogP contribution in [0, 0.1) is 12.8 Å². The number of fused-ring (bicyclic) bond motifs is 1. The minimum atomic E-state index is 0.688. The fourth-order valence-corrected chi connectivity index (χ4v) is 6.88. The van der Waals surface area contributed by atoms with Gasteiger partial charge in [-0.3, -0.25) is 4.99 Å². The Kier molecular flexibility index (Phi) is 18.9. The zero-order valence-electron chi connectivity index (χ0n) is 30.6. The van der Waals surface area contributed by atoms with Crippen LogP contribution in [0.2, 0.25) is 0 Å². The lowest BCUT2D eigenvalue weighted by atomic mass is 9.84. The number of nitrogens with zero attached hydrogens (tertiary/aromatic N) is 1. The van der Waals surface area contributed by atoms with E-state index in [4.69, 9.17) is 23.2 Å². The van der Waals surface area contributed by atoms with Gasteiger partial charge < -0.3 is 10.6 Å². The van der Waals surface area contributed by atoms with Crippen molar-refractivity contribution in [3.63, 3.8) is 0 Å². The largest absolute Gasteiger partial charge is 0.359 e. The van der Waals surface area contributed by atoms with Crippen molar-refractivity contribution >= 4 is 40.4 Å². The summed E-state index contributed by atoms with van der Waals surface area (Å²) in [5, 5.41) is 7.91. The summed E-state index contributed by atoms with van der Waals surface area (Å²) in [6, 6.07) is 15.5. The molecule has 0 radical (unpaired) electrons. The Hall–Kier alpha value is -2.75. The summed E-state index contributed by atoms with van der Waals surface area (Å²) in [7, 11) is 3.59. The molecule has 0 fully saturated rings. The van der Waals surface area contributed by atoms with Gasteiger partial charge in [0, 0.05) is 29.9 Å². The van der Waals surface area contributed by atoms with Gasteiger partial charge in [-0.15, -0.1) is 0 Å². The molecule has 0 heterocycles. The molecule has 2 aromatic carbocycles. The summed E-state index contributed by atoms with van der Waals surface area (Å²) in [6.07, 6.45) is 16.6. The Bertz CT molecular complexity index is 1400. The van der Waals surface area contributed by atoms with Crippen molar-refractivity contribution in [2.75, 3.05) is 14.1 Å². The summed E-state index contributed by atoms with van der Waals surface area (Å²) in [5.74, 6) is 1.66. The molecule has 0 aromatic heterocycles. The molecule has 2 aliphatic carbocycles. The van der Waals surface area contributed by atoms with Gasteiger partial charge in [-0.05, 0) is 96.1 Å². The average molecular weight is 679 g/mol. The summed E-state index contributed by atoms with van der Waals surface area (Å²) in [5.41, 5.74) is 10.8. The Balaban J connectivity index is 0.000000503. The molecule has 258 valence electrons. The third-order valence-corrected chi connectivity index (χ3v) is 9.48. The van der Waals surface area contributed by atoms with E-state index >= 15 is 0 Å². The number of hydrogen-bond acceptors (Lipinski definition) is 1. The minimum Gasteiger partial charge on any atom is -0.359 e. The van der Waals surface area contributed by atoms with Crippen LogP contribution in [0.1, 0.15) is 133 Å². The normalized spacial score (nSPS) is 15.3. The molecule has 5 heteroatoms. The van der Waals surface area contributed by atoms with E-state index in [-0.39, 0.29) is 0 Å². The molecule has 0 saturated carbocycles. The second-order valence-electron chi connectivity index (χ2n) is 12.5. The molecule has 0 amide bonds. The number of halogens is 2. The second kappa shape index (κ2) is 22.0. The highest BCUT2D eigenvalue weighted by Gasteiger charge is 2.24. The number of aryl methyl sites for hydroxylation is 2. The van der Waals surface area contributed by atoms with E-state index in [0.29, 0.717) is 5.96 Å². The zero-order chi connectivity index (χ0) is 34.8. The van der Waals surface area contributed by atoms with Crippen molar-refractivity contribution in [2.24, 2.45) is 10.9 Å². The molecule has 1 unspecified atom stereocenters. The van der Waals surface area contributed by atoms with Crippen molar-refractivity contribution < 1.29 is 0 Å². The molecule has 3 nitrogen and oxygen atoms in total. The van der Waals surface area contributed by atoms with Crippen LogP contribution in [0.4, 0.5) is 0 Å². The lowest BCUT2D eigenvalue weighted by Gasteiger charge is -2.22. The first-order chi connectivity index (χ1) is 22.7. The number of aliphatic imine (C=N–C) groups is 1. The fourth-order valence-electron chi connectivity index (χ4n) is 6.28. The second-order valence-corrected chi connectivity index (χ2v) is 13.4. The molecule has 2 aromatic rings. The monoisotopic (exact) mass is 677 g/mol. The van der Waals surface area contributed by atoms with Gasteiger partial charge in [0.15, 0.2) is 5.96 Å². The Labute approximate surface area is 297 Å². The Morgan fingerprint density at radius 2 is 1.62 bits per heavy atom.